The molecule has 0 saturated heterocycles. The molecule has 1 N–H and O–H groups in total. The minimum Gasteiger partial charge on any atom is -0.299 e. The Morgan fingerprint density at radius 2 is 1.71 bits per heavy atom. The van der Waals surface area contributed by atoms with E-state index in [4.69, 9.17) is 0 Å². The van der Waals surface area contributed by atoms with Crippen molar-refractivity contribution in [1.82, 2.24) is 9.36 Å². The van der Waals surface area contributed by atoms with Crippen molar-refractivity contribution in [3.05, 3.63) is 75.2 Å². The lowest BCUT2D eigenvalue weighted by Gasteiger charge is -2.07. The van der Waals surface area contributed by atoms with Crippen LogP contribution in [0.4, 0.5) is 8.78 Å². The SMILES string of the molecule is O=c1[nH]c(Cc2c(F)cc(-c3ccccc3)cc2F)ns1. The first-order valence-corrected chi connectivity index (χ1v) is 6.99. The molecule has 1 heterocycles. The van der Waals surface area contributed by atoms with Crippen LogP contribution in [0, 0.1) is 11.6 Å². The van der Waals surface area contributed by atoms with Gasteiger partial charge < -0.3 is 0 Å². The Bertz CT molecular complexity index is 804. The number of aromatic amines is 1. The Kier molecular flexibility index (Phi) is 3.62. The van der Waals surface area contributed by atoms with Gasteiger partial charge in [0.1, 0.15) is 17.5 Å². The first-order chi connectivity index (χ1) is 10.1. The number of nitrogens with zero attached hydrogens (tertiary/aromatic N) is 1. The van der Waals surface area contributed by atoms with Gasteiger partial charge in [0.25, 0.3) is 0 Å². The quantitative estimate of drug-likeness (QED) is 0.806. The van der Waals surface area contributed by atoms with E-state index in [1.807, 2.05) is 6.07 Å². The summed E-state index contributed by atoms with van der Waals surface area (Å²) < 4.78 is 32.1. The van der Waals surface area contributed by atoms with Crippen LogP contribution in [0.25, 0.3) is 11.1 Å². The van der Waals surface area contributed by atoms with E-state index in [2.05, 4.69) is 9.36 Å². The molecule has 3 rings (SSSR count). The summed E-state index contributed by atoms with van der Waals surface area (Å²) in [6.45, 7) is 0. The Balaban J connectivity index is 1.98. The summed E-state index contributed by atoms with van der Waals surface area (Å²) in [5.74, 6) is -1.04. The topological polar surface area (TPSA) is 45.8 Å². The molecular weight excluding hydrogens is 294 g/mol. The molecule has 0 saturated carbocycles. The molecule has 21 heavy (non-hydrogen) atoms. The summed E-state index contributed by atoms with van der Waals surface area (Å²) in [7, 11) is 0. The molecule has 0 atom stereocenters. The molecule has 0 radical (unpaired) electrons. The van der Waals surface area contributed by atoms with Crippen LogP contribution in [0.3, 0.4) is 0 Å². The van der Waals surface area contributed by atoms with Crippen LogP contribution in [0.1, 0.15) is 11.4 Å². The lowest BCUT2D eigenvalue weighted by molar-refractivity contribution is 0.560. The van der Waals surface area contributed by atoms with Crippen molar-refractivity contribution < 1.29 is 8.78 Å². The number of hydrogen-bond donors (Lipinski definition) is 1. The van der Waals surface area contributed by atoms with Gasteiger partial charge in [0.15, 0.2) is 0 Å². The number of H-pyrrole nitrogens is 1. The summed E-state index contributed by atoms with van der Waals surface area (Å²) in [6.07, 6.45) is -0.0779. The molecule has 3 nitrogen and oxygen atoms in total. The number of rotatable bonds is 3. The third-order valence-corrected chi connectivity index (χ3v) is 3.66. The second-order valence-electron chi connectivity index (χ2n) is 4.50. The predicted molar refractivity (Wildman–Crippen MR) is 77.3 cm³/mol. The molecule has 0 aliphatic heterocycles. The minimum absolute atomic E-state index is 0.0779. The van der Waals surface area contributed by atoms with Gasteiger partial charge in [0.05, 0.1) is 0 Å². The molecular formula is C15H10F2N2OS. The molecule has 0 aliphatic rings. The van der Waals surface area contributed by atoms with E-state index in [1.165, 1.54) is 12.1 Å². The fourth-order valence-electron chi connectivity index (χ4n) is 2.07. The fraction of sp³-hybridized carbons (Fsp3) is 0.0667. The second kappa shape index (κ2) is 5.57. The van der Waals surface area contributed by atoms with Gasteiger partial charge >= 0.3 is 4.87 Å². The number of halogens is 2. The standard InChI is InChI=1S/C15H10F2N2OS/c16-12-6-10(9-4-2-1-3-5-9)7-13(17)11(12)8-14-18-15(20)21-19-14/h1-7H,8H2,(H,18,19,20). The van der Waals surface area contributed by atoms with Crippen LogP contribution in [0.15, 0.2) is 47.3 Å². The fourth-order valence-corrected chi connectivity index (χ4v) is 2.54. The smallest absolute Gasteiger partial charge is 0.299 e. The van der Waals surface area contributed by atoms with E-state index in [9.17, 15) is 13.6 Å². The summed E-state index contributed by atoms with van der Waals surface area (Å²) in [5.41, 5.74) is 1.11. The van der Waals surface area contributed by atoms with Crippen LogP contribution in [-0.2, 0) is 6.42 Å². The van der Waals surface area contributed by atoms with E-state index in [0.717, 1.165) is 17.1 Å². The van der Waals surface area contributed by atoms with Gasteiger partial charge in [-0.15, -0.1) is 0 Å². The van der Waals surface area contributed by atoms with E-state index in [0.29, 0.717) is 5.56 Å². The lowest BCUT2D eigenvalue weighted by Crippen LogP contribution is -2.02. The van der Waals surface area contributed by atoms with Gasteiger partial charge in [0.2, 0.25) is 0 Å². The normalized spacial score (nSPS) is 10.8. The van der Waals surface area contributed by atoms with Crippen LogP contribution in [0.5, 0.6) is 0 Å². The highest BCUT2D eigenvalue weighted by Gasteiger charge is 2.14. The molecule has 2 aromatic carbocycles. The maximum absolute atomic E-state index is 14.1. The van der Waals surface area contributed by atoms with Crippen molar-refractivity contribution in [3.63, 3.8) is 0 Å². The van der Waals surface area contributed by atoms with Crippen molar-refractivity contribution in [2.24, 2.45) is 0 Å². The molecule has 106 valence electrons. The van der Waals surface area contributed by atoms with E-state index in [1.54, 1.807) is 24.3 Å². The minimum atomic E-state index is -0.650. The van der Waals surface area contributed by atoms with Crippen molar-refractivity contribution in [3.8, 4) is 11.1 Å². The lowest BCUT2D eigenvalue weighted by atomic mass is 10.0. The molecule has 0 amide bonds. The van der Waals surface area contributed by atoms with Crippen LogP contribution in [-0.4, -0.2) is 9.36 Å². The third-order valence-electron chi connectivity index (χ3n) is 3.08. The van der Waals surface area contributed by atoms with Crippen molar-refractivity contribution in [2.45, 2.75) is 6.42 Å². The van der Waals surface area contributed by atoms with Gasteiger partial charge in [-0.3, -0.25) is 9.78 Å². The summed E-state index contributed by atoms with van der Waals surface area (Å²) in [6, 6.07) is 11.6. The number of aromatic nitrogens is 2. The Labute approximate surface area is 123 Å². The zero-order chi connectivity index (χ0) is 14.8. The summed E-state index contributed by atoms with van der Waals surface area (Å²) in [5, 5.41) is 0. The highest BCUT2D eigenvalue weighted by atomic mass is 32.1. The maximum atomic E-state index is 14.1. The molecule has 0 aliphatic carbocycles. The van der Waals surface area contributed by atoms with Gasteiger partial charge in [0, 0.05) is 23.5 Å². The van der Waals surface area contributed by atoms with Crippen LogP contribution >= 0.6 is 11.5 Å². The number of benzene rings is 2. The van der Waals surface area contributed by atoms with Crippen molar-refractivity contribution >= 4 is 11.5 Å². The molecule has 0 fully saturated rings. The molecule has 6 heteroatoms. The monoisotopic (exact) mass is 304 g/mol. The van der Waals surface area contributed by atoms with Crippen LogP contribution in [0.2, 0.25) is 0 Å². The molecule has 1 aromatic heterocycles. The van der Waals surface area contributed by atoms with E-state index >= 15 is 0 Å². The van der Waals surface area contributed by atoms with Crippen molar-refractivity contribution in [1.29, 1.82) is 0 Å². The number of nitrogens with one attached hydrogen (secondary N) is 1. The van der Waals surface area contributed by atoms with Gasteiger partial charge in [-0.1, -0.05) is 30.3 Å². The average molecular weight is 304 g/mol. The van der Waals surface area contributed by atoms with Gasteiger partial charge in [-0.05, 0) is 23.3 Å². The third kappa shape index (κ3) is 2.90. The second-order valence-corrected chi connectivity index (χ2v) is 5.24. The predicted octanol–water partition coefficient (Wildman–Crippen LogP) is 3.37. The zero-order valence-electron chi connectivity index (χ0n) is 10.8. The molecule has 0 spiro atoms. The number of hydrogen-bond acceptors (Lipinski definition) is 3. The highest BCUT2D eigenvalue weighted by Crippen LogP contribution is 2.25. The zero-order valence-corrected chi connectivity index (χ0v) is 11.6. The largest absolute Gasteiger partial charge is 0.323 e. The summed E-state index contributed by atoms with van der Waals surface area (Å²) >= 11 is 0.729. The Morgan fingerprint density at radius 1 is 1.05 bits per heavy atom. The highest BCUT2D eigenvalue weighted by molar-refractivity contribution is 7.02. The van der Waals surface area contributed by atoms with E-state index < -0.39 is 11.6 Å². The molecule has 3 aromatic rings. The first kappa shape index (κ1) is 13.6. The van der Waals surface area contributed by atoms with Gasteiger partial charge in [-0.2, -0.15) is 4.37 Å². The van der Waals surface area contributed by atoms with Crippen LogP contribution < -0.4 is 4.87 Å². The van der Waals surface area contributed by atoms with Gasteiger partial charge in [-0.25, -0.2) is 8.78 Å². The summed E-state index contributed by atoms with van der Waals surface area (Å²) in [4.78, 5) is 13.1. The Morgan fingerprint density at radius 3 is 2.29 bits per heavy atom. The molecule has 0 unspecified atom stereocenters. The molecule has 0 bridgehead atoms. The first-order valence-electron chi connectivity index (χ1n) is 6.21. The van der Waals surface area contributed by atoms with E-state index in [-0.39, 0.29) is 22.7 Å². The maximum Gasteiger partial charge on any atom is 0.323 e. The Hall–Kier alpha value is -2.34. The average Bonchev–Trinajstić information content (AvgIpc) is 2.89. The van der Waals surface area contributed by atoms with Crippen molar-refractivity contribution in [2.75, 3.05) is 0 Å².